The summed E-state index contributed by atoms with van der Waals surface area (Å²) >= 11 is 5.88. The Morgan fingerprint density at radius 1 is 1.18 bits per heavy atom. The van der Waals surface area contributed by atoms with Gasteiger partial charge in [-0.3, -0.25) is 4.79 Å². The molecule has 2 nitrogen and oxygen atoms in total. The predicted molar refractivity (Wildman–Crippen MR) is 73.4 cm³/mol. The van der Waals surface area contributed by atoms with Gasteiger partial charge in [-0.25, -0.2) is 0 Å². The Hall–Kier alpha value is -0.0800. The third kappa shape index (κ3) is 4.59. The summed E-state index contributed by atoms with van der Waals surface area (Å²) in [4.78, 5) is 11.9. The lowest BCUT2D eigenvalue weighted by molar-refractivity contribution is -0.133. The molecule has 0 amide bonds. The van der Waals surface area contributed by atoms with Gasteiger partial charge in [0.2, 0.25) is 5.24 Å². The van der Waals surface area contributed by atoms with Gasteiger partial charge in [-0.1, -0.05) is 47.0 Å². The Kier molecular flexibility index (Phi) is 7.34. The van der Waals surface area contributed by atoms with E-state index in [1.165, 1.54) is 0 Å². The molecule has 0 aromatic heterocycles. The van der Waals surface area contributed by atoms with Crippen LogP contribution in [0.1, 0.15) is 60.3 Å². The van der Waals surface area contributed by atoms with Crippen LogP contribution in [-0.4, -0.2) is 18.5 Å². The Labute approximate surface area is 111 Å². The van der Waals surface area contributed by atoms with Gasteiger partial charge in [-0.2, -0.15) is 0 Å². The van der Waals surface area contributed by atoms with Crippen LogP contribution in [0, 0.1) is 10.8 Å². The molecule has 0 aliphatic rings. The third-order valence-electron chi connectivity index (χ3n) is 3.57. The van der Waals surface area contributed by atoms with Crippen LogP contribution in [0.4, 0.5) is 0 Å². The van der Waals surface area contributed by atoms with E-state index in [9.17, 15) is 4.79 Å². The lowest BCUT2D eigenvalue weighted by Crippen LogP contribution is -2.45. The number of hydrogen-bond donors (Lipinski definition) is 0. The van der Waals surface area contributed by atoms with E-state index in [-0.39, 0.29) is 10.7 Å². The first kappa shape index (κ1) is 16.9. The second kappa shape index (κ2) is 7.38. The molecule has 0 saturated carbocycles. The summed E-state index contributed by atoms with van der Waals surface area (Å²) in [5.74, 6) is 0. The molecule has 0 aromatic carbocycles. The molecule has 0 aromatic rings. The largest absolute Gasteiger partial charge is 0.381 e. The van der Waals surface area contributed by atoms with Crippen LogP contribution in [0.15, 0.2) is 0 Å². The van der Waals surface area contributed by atoms with Crippen LogP contribution in [0.25, 0.3) is 0 Å². The van der Waals surface area contributed by atoms with Crippen molar-refractivity contribution in [3.63, 3.8) is 0 Å². The number of carbonyl (C=O) groups excluding carboxylic acids is 1. The van der Waals surface area contributed by atoms with Gasteiger partial charge in [0.25, 0.3) is 0 Å². The SMILES string of the molecule is CCCCCC(COCC)(C(=O)Cl)C(C)(C)C. The van der Waals surface area contributed by atoms with Crippen molar-refractivity contribution in [2.45, 2.75) is 60.3 Å². The summed E-state index contributed by atoms with van der Waals surface area (Å²) in [6.45, 7) is 11.4. The van der Waals surface area contributed by atoms with E-state index in [1.54, 1.807) is 0 Å². The van der Waals surface area contributed by atoms with Crippen LogP contribution in [0.2, 0.25) is 0 Å². The third-order valence-corrected chi connectivity index (χ3v) is 3.93. The maximum absolute atomic E-state index is 11.9. The fourth-order valence-corrected chi connectivity index (χ4v) is 2.50. The van der Waals surface area contributed by atoms with Crippen LogP contribution in [-0.2, 0) is 9.53 Å². The van der Waals surface area contributed by atoms with Crippen molar-refractivity contribution < 1.29 is 9.53 Å². The summed E-state index contributed by atoms with van der Waals surface area (Å²) < 4.78 is 5.51. The fraction of sp³-hybridized carbons (Fsp3) is 0.929. The van der Waals surface area contributed by atoms with Gasteiger partial charge < -0.3 is 4.74 Å². The van der Waals surface area contributed by atoms with Crippen molar-refractivity contribution >= 4 is 16.8 Å². The molecular formula is C14H27ClO2. The standard InChI is InChI=1S/C14H27ClO2/c1-6-8-9-10-14(12(15)16,11-17-7-2)13(3,4)5/h6-11H2,1-5H3. The van der Waals surface area contributed by atoms with Gasteiger partial charge in [0.15, 0.2) is 0 Å². The maximum Gasteiger partial charge on any atom is 0.230 e. The smallest absolute Gasteiger partial charge is 0.230 e. The highest BCUT2D eigenvalue weighted by molar-refractivity contribution is 6.64. The molecule has 3 heteroatoms. The van der Waals surface area contributed by atoms with E-state index in [0.29, 0.717) is 13.2 Å². The zero-order valence-electron chi connectivity index (χ0n) is 11.9. The summed E-state index contributed by atoms with van der Waals surface area (Å²) in [6, 6.07) is 0. The van der Waals surface area contributed by atoms with Crippen LogP contribution < -0.4 is 0 Å². The van der Waals surface area contributed by atoms with Crippen LogP contribution in [0.3, 0.4) is 0 Å². The molecular weight excluding hydrogens is 236 g/mol. The molecule has 0 aliphatic carbocycles. The number of ether oxygens (including phenoxy) is 1. The van der Waals surface area contributed by atoms with Crippen molar-refractivity contribution in [3.05, 3.63) is 0 Å². The summed E-state index contributed by atoms with van der Waals surface area (Å²) in [7, 11) is 0. The molecule has 0 bridgehead atoms. The first-order valence-corrected chi connectivity index (χ1v) is 6.97. The minimum atomic E-state index is -0.556. The monoisotopic (exact) mass is 262 g/mol. The average Bonchev–Trinajstić information content (AvgIpc) is 2.21. The van der Waals surface area contributed by atoms with Gasteiger partial charge in [-0.05, 0) is 30.4 Å². The van der Waals surface area contributed by atoms with Gasteiger partial charge in [-0.15, -0.1) is 0 Å². The summed E-state index contributed by atoms with van der Waals surface area (Å²) in [5.41, 5.74) is -0.728. The Bertz CT molecular complexity index is 233. The van der Waals surface area contributed by atoms with E-state index in [4.69, 9.17) is 16.3 Å². The van der Waals surface area contributed by atoms with Crippen molar-refractivity contribution in [2.75, 3.05) is 13.2 Å². The number of carbonyl (C=O) groups is 1. The molecule has 0 fully saturated rings. The molecule has 0 heterocycles. The van der Waals surface area contributed by atoms with Crippen molar-refractivity contribution in [1.82, 2.24) is 0 Å². The maximum atomic E-state index is 11.9. The van der Waals surface area contributed by atoms with Gasteiger partial charge in [0, 0.05) is 6.61 Å². The quantitative estimate of drug-likeness (QED) is 0.479. The fourth-order valence-electron chi connectivity index (χ4n) is 2.07. The molecule has 0 rings (SSSR count). The summed E-state index contributed by atoms with van der Waals surface area (Å²) in [5, 5.41) is -0.255. The average molecular weight is 263 g/mol. The second-order valence-electron chi connectivity index (χ2n) is 5.70. The zero-order chi connectivity index (χ0) is 13.5. The minimum absolute atomic E-state index is 0.172. The van der Waals surface area contributed by atoms with Gasteiger partial charge >= 0.3 is 0 Å². The van der Waals surface area contributed by atoms with Crippen molar-refractivity contribution in [3.8, 4) is 0 Å². The molecule has 0 saturated heterocycles. The second-order valence-corrected chi connectivity index (χ2v) is 6.04. The first-order valence-electron chi connectivity index (χ1n) is 6.59. The van der Waals surface area contributed by atoms with Crippen molar-refractivity contribution in [2.24, 2.45) is 10.8 Å². The molecule has 17 heavy (non-hydrogen) atoms. The molecule has 1 atom stereocenters. The number of rotatable bonds is 8. The number of unbranched alkanes of at least 4 members (excludes halogenated alkanes) is 2. The van der Waals surface area contributed by atoms with E-state index < -0.39 is 5.41 Å². The van der Waals surface area contributed by atoms with E-state index in [1.807, 2.05) is 6.92 Å². The lowest BCUT2D eigenvalue weighted by atomic mass is 9.65. The van der Waals surface area contributed by atoms with Gasteiger partial charge in [0.05, 0.1) is 12.0 Å². The zero-order valence-corrected chi connectivity index (χ0v) is 12.7. The summed E-state index contributed by atoms with van der Waals surface area (Å²) in [6.07, 6.45) is 4.12. The normalized spacial score (nSPS) is 15.6. The van der Waals surface area contributed by atoms with Crippen molar-refractivity contribution in [1.29, 1.82) is 0 Å². The van der Waals surface area contributed by atoms with Crippen LogP contribution in [0.5, 0.6) is 0 Å². The molecule has 0 radical (unpaired) electrons. The highest BCUT2D eigenvalue weighted by atomic mass is 35.5. The molecule has 0 aliphatic heterocycles. The molecule has 0 N–H and O–H groups in total. The number of hydrogen-bond acceptors (Lipinski definition) is 2. The lowest BCUT2D eigenvalue weighted by Gasteiger charge is -2.41. The van der Waals surface area contributed by atoms with E-state index in [0.717, 1.165) is 25.7 Å². The number of halogens is 1. The van der Waals surface area contributed by atoms with E-state index >= 15 is 0 Å². The Morgan fingerprint density at radius 2 is 1.76 bits per heavy atom. The van der Waals surface area contributed by atoms with E-state index in [2.05, 4.69) is 27.7 Å². The Morgan fingerprint density at radius 3 is 2.12 bits per heavy atom. The highest BCUT2D eigenvalue weighted by Gasteiger charge is 2.47. The molecule has 102 valence electrons. The Balaban J connectivity index is 4.90. The predicted octanol–water partition coefficient (Wildman–Crippen LogP) is 4.40. The first-order chi connectivity index (χ1) is 7.81. The highest BCUT2D eigenvalue weighted by Crippen LogP contribution is 2.45. The molecule has 1 unspecified atom stereocenters. The van der Waals surface area contributed by atoms with Gasteiger partial charge in [0.1, 0.15) is 0 Å². The molecule has 0 spiro atoms. The minimum Gasteiger partial charge on any atom is -0.381 e. The van der Waals surface area contributed by atoms with Crippen LogP contribution >= 0.6 is 11.6 Å². The topological polar surface area (TPSA) is 26.3 Å².